The summed E-state index contributed by atoms with van der Waals surface area (Å²) in [6.07, 6.45) is 3.53. The minimum atomic E-state index is -0.570. The molecule has 0 aliphatic heterocycles. The first kappa shape index (κ1) is 10.9. The Balaban J connectivity index is 1.90. The van der Waals surface area contributed by atoms with Gasteiger partial charge in [-0.1, -0.05) is 5.16 Å². The topological polar surface area (TPSA) is 85.2 Å². The first-order chi connectivity index (χ1) is 8.28. The zero-order valence-corrected chi connectivity index (χ0v) is 10.0. The number of aliphatic hydroxyl groups is 1. The summed E-state index contributed by atoms with van der Waals surface area (Å²) < 4.78 is 5.17. The zero-order valence-electron chi connectivity index (χ0n) is 9.22. The fourth-order valence-electron chi connectivity index (χ4n) is 2.00. The molecule has 1 atom stereocenters. The monoisotopic (exact) mass is 251 g/mol. The molecule has 2 aromatic heterocycles. The van der Waals surface area contributed by atoms with E-state index in [4.69, 9.17) is 15.4 Å². The van der Waals surface area contributed by atoms with E-state index in [1.165, 1.54) is 16.9 Å². The van der Waals surface area contributed by atoms with Crippen LogP contribution in [0, 0.1) is 0 Å². The minimum absolute atomic E-state index is 0.181. The number of nitrogens with zero attached hydrogens (tertiary/aromatic N) is 2. The van der Waals surface area contributed by atoms with Crippen LogP contribution in [-0.2, 0) is 12.8 Å². The zero-order chi connectivity index (χ0) is 11.8. The number of aliphatic hydroxyl groups excluding tert-OH is 1. The van der Waals surface area contributed by atoms with Crippen LogP contribution < -0.4 is 5.73 Å². The van der Waals surface area contributed by atoms with Gasteiger partial charge >= 0.3 is 0 Å². The summed E-state index contributed by atoms with van der Waals surface area (Å²) in [6.45, 7) is -0.181. The fourth-order valence-corrected chi connectivity index (χ4v) is 3.18. The van der Waals surface area contributed by atoms with Crippen LogP contribution in [0.15, 0.2) is 10.6 Å². The average Bonchev–Trinajstić information content (AvgIpc) is 3.00. The van der Waals surface area contributed by atoms with Crippen molar-refractivity contribution < 1.29 is 9.63 Å². The van der Waals surface area contributed by atoms with Crippen LogP contribution in [0.3, 0.4) is 0 Å². The third-order valence-corrected chi connectivity index (χ3v) is 4.15. The molecule has 0 amide bonds. The number of rotatable bonds is 3. The molecule has 5 nitrogen and oxygen atoms in total. The number of thiophene rings is 1. The fraction of sp³-hybridized carbons (Fsp3) is 0.455. The molecular weight excluding hydrogens is 238 g/mol. The lowest BCUT2D eigenvalue weighted by molar-refractivity contribution is 0.260. The van der Waals surface area contributed by atoms with Gasteiger partial charge in [0.15, 0.2) is 5.82 Å². The van der Waals surface area contributed by atoms with Crippen LogP contribution >= 0.6 is 11.3 Å². The predicted molar refractivity (Wildman–Crippen MR) is 63.7 cm³/mol. The van der Waals surface area contributed by atoms with Gasteiger partial charge < -0.3 is 15.4 Å². The molecule has 2 heterocycles. The molecule has 0 saturated heterocycles. The average molecular weight is 251 g/mol. The molecule has 90 valence electrons. The Labute approximate surface area is 102 Å². The third-order valence-electron chi connectivity index (χ3n) is 2.93. The van der Waals surface area contributed by atoms with Crippen molar-refractivity contribution in [2.45, 2.75) is 25.3 Å². The van der Waals surface area contributed by atoms with Gasteiger partial charge in [0.25, 0.3) is 5.89 Å². The molecule has 0 fully saturated rings. The van der Waals surface area contributed by atoms with Gasteiger partial charge in [0.2, 0.25) is 0 Å². The molecule has 1 aliphatic carbocycles. The normalized spacial score (nSPS) is 16.1. The van der Waals surface area contributed by atoms with Crippen LogP contribution in [0.4, 0.5) is 0 Å². The second-order valence-electron chi connectivity index (χ2n) is 4.16. The van der Waals surface area contributed by atoms with Gasteiger partial charge in [-0.2, -0.15) is 4.98 Å². The van der Waals surface area contributed by atoms with Gasteiger partial charge in [-0.25, -0.2) is 0 Å². The van der Waals surface area contributed by atoms with Crippen molar-refractivity contribution >= 4 is 11.3 Å². The molecule has 2 aromatic rings. The lowest BCUT2D eigenvalue weighted by Crippen LogP contribution is -2.15. The Morgan fingerprint density at radius 2 is 2.41 bits per heavy atom. The van der Waals surface area contributed by atoms with Crippen LogP contribution in [0.1, 0.15) is 28.7 Å². The molecule has 0 spiro atoms. The second kappa shape index (κ2) is 4.21. The van der Waals surface area contributed by atoms with E-state index in [2.05, 4.69) is 16.2 Å². The highest BCUT2D eigenvalue weighted by Crippen LogP contribution is 2.35. The Kier molecular flexibility index (Phi) is 2.70. The van der Waals surface area contributed by atoms with E-state index in [1.807, 2.05) is 0 Å². The van der Waals surface area contributed by atoms with Crippen LogP contribution in [0.25, 0.3) is 10.8 Å². The van der Waals surface area contributed by atoms with Crippen LogP contribution in [-0.4, -0.2) is 21.9 Å². The van der Waals surface area contributed by atoms with E-state index >= 15 is 0 Å². The lowest BCUT2D eigenvalue weighted by Gasteiger charge is -1.98. The maximum atomic E-state index is 8.92. The number of fused-ring (bicyclic) bond motifs is 1. The maximum absolute atomic E-state index is 8.92. The molecule has 1 unspecified atom stereocenters. The van der Waals surface area contributed by atoms with Crippen molar-refractivity contribution in [1.29, 1.82) is 0 Å². The highest BCUT2D eigenvalue weighted by Gasteiger charge is 2.20. The summed E-state index contributed by atoms with van der Waals surface area (Å²) in [5.41, 5.74) is 7.03. The van der Waals surface area contributed by atoms with Crippen molar-refractivity contribution in [3.63, 3.8) is 0 Å². The largest absolute Gasteiger partial charge is 0.394 e. The number of nitrogens with two attached hydrogens (primary N) is 1. The highest BCUT2D eigenvalue weighted by molar-refractivity contribution is 7.15. The molecule has 0 radical (unpaired) electrons. The Morgan fingerprint density at radius 3 is 3.18 bits per heavy atom. The molecule has 3 rings (SSSR count). The highest BCUT2D eigenvalue weighted by atomic mass is 32.1. The summed E-state index contributed by atoms with van der Waals surface area (Å²) in [4.78, 5) is 6.63. The number of aromatic nitrogens is 2. The molecular formula is C11H13N3O2S. The summed E-state index contributed by atoms with van der Waals surface area (Å²) in [7, 11) is 0. The Bertz CT molecular complexity index is 513. The first-order valence-electron chi connectivity index (χ1n) is 5.60. The van der Waals surface area contributed by atoms with Gasteiger partial charge in [-0.3, -0.25) is 0 Å². The molecule has 1 aliphatic rings. The number of aryl methyl sites for hydroxylation is 2. The molecule has 17 heavy (non-hydrogen) atoms. The van der Waals surface area contributed by atoms with Crippen molar-refractivity contribution in [3.05, 3.63) is 22.3 Å². The van der Waals surface area contributed by atoms with Gasteiger partial charge in [0.1, 0.15) is 0 Å². The lowest BCUT2D eigenvalue weighted by atomic mass is 10.2. The third kappa shape index (κ3) is 1.88. The summed E-state index contributed by atoms with van der Waals surface area (Å²) >= 11 is 1.71. The van der Waals surface area contributed by atoms with Gasteiger partial charge in [-0.05, 0) is 30.9 Å². The van der Waals surface area contributed by atoms with E-state index < -0.39 is 6.04 Å². The first-order valence-corrected chi connectivity index (χ1v) is 6.41. The molecule has 0 bridgehead atoms. The van der Waals surface area contributed by atoms with Crippen molar-refractivity contribution in [2.75, 3.05) is 6.61 Å². The number of hydrogen-bond donors (Lipinski definition) is 2. The van der Waals surface area contributed by atoms with Crippen LogP contribution in [0.5, 0.6) is 0 Å². The van der Waals surface area contributed by atoms with E-state index in [1.54, 1.807) is 11.3 Å². The summed E-state index contributed by atoms with van der Waals surface area (Å²) in [6, 6.07) is 1.55. The van der Waals surface area contributed by atoms with Crippen molar-refractivity contribution in [2.24, 2.45) is 5.73 Å². The van der Waals surface area contributed by atoms with E-state index in [-0.39, 0.29) is 6.61 Å². The van der Waals surface area contributed by atoms with Gasteiger partial charge in [-0.15, -0.1) is 11.3 Å². The SMILES string of the molecule is NC(CO)c1noc(-c2cc3c(s2)CCC3)n1. The molecule has 3 N–H and O–H groups in total. The standard InChI is InChI=1S/C11H13N3O2S/c12-7(5-15)10-13-11(16-14-10)9-4-6-2-1-3-8(6)17-9/h4,7,15H,1-3,5,12H2. The van der Waals surface area contributed by atoms with Crippen LogP contribution in [0.2, 0.25) is 0 Å². The smallest absolute Gasteiger partial charge is 0.268 e. The molecule has 0 saturated carbocycles. The summed E-state index contributed by atoms with van der Waals surface area (Å²) in [5, 5.41) is 12.7. The minimum Gasteiger partial charge on any atom is -0.394 e. The molecule has 6 heteroatoms. The number of hydrogen-bond acceptors (Lipinski definition) is 6. The summed E-state index contributed by atoms with van der Waals surface area (Å²) in [5.74, 6) is 0.861. The van der Waals surface area contributed by atoms with E-state index in [0.29, 0.717) is 11.7 Å². The van der Waals surface area contributed by atoms with E-state index in [9.17, 15) is 0 Å². The maximum Gasteiger partial charge on any atom is 0.268 e. The Morgan fingerprint density at radius 1 is 1.53 bits per heavy atom. The second-order valence-corrected chi connectivity index (χ2v) is 5.30. The molecule has 0 aromatic carbocycles. The van der Waals surface area contributed by atoms with Crippen molar-refractivity contribution in [1.82, 2.24) is 10.1 Å². The van der Waals surface area contributed by atoms with E-state index in [0.717, 1.165) is 17.7 Å². The Hall–Kier alpha value is -1.24. The van der Waals surface area contributed by atoms with Crippen molar-refractivity contribution in [3.8, 4) is 10.8 Å². The van der Waals surface area contributed by atoms with Gasteiger partial charge in [0, 0.05) is 4.88 Å². The quantitative estimate of drug-likeness (QED) is 0.858. The predicted octanol–water partition coefficient (Wildman–Crippen LogP) is 1.28. The van der Waals surface area contributed by atoms with Gasteiger partial charge in [0.05, 0.1) is 17.5 Å².